The summed E-state index contributed by atoms with van der Waals surface area (Å²) in [5.74, 6) is 0.0982. The predicted octanol–water partition coefficient (Wildman–Crippen LogP) is 3.88. The van der Waals surface area contributed by atoms with Crippen molar-refractivity contribution in [3.63, 3.8) is 0 Å². The van der Waals surface area contributed by atoms with E-state index in [-0.39, 0.29) is 18.0 Å². The van der Waals surface area contributed by atoms with E-state index in [1.165, 1.54) is 27.8 Å². The lowest BCUT2D eigenvalue weighted by Crippen LogP contribution is -2.42. The number of H-pyrrole nitrogens is 1. The van der Waals surface area contributed by atoms with Crippen LogP contribution in [0.2, 0.25) is 0 Å². The van der Waals surface area contributed by atoms with Gasteiger partial charge < -0.3 is 9.88 Å². The molecule has 130 valence electrons. The van der Waals surface area contributed by atoms with E-state index in [1.807, 2.05) is 6.07 Å². The molecule has 0 unspecified atom stereocenters. The van der Waals surface area contributed by atoms with Gasteiger partial charge in [-0.05, 0) is 30.3 Å². The van der Waals surface area contributed by atoms with Crippen LogP contribution in [0.3, 0.4) is 0 Å². The summed E-state index contributed by atoms with van der Waals surface area (Å²) in [4.78, 5) is 20.0. The highest BCUT2D eigenvalue weighted by Gasteiger charge is 2.47. The molecule has 0 aliphatic carbocycles. The van der Waals surface area contributed by atoms with E-state index in [0.29, 0.717) is 11.5 Å². The van der Waals surface area contributed by atoms with Crippen molar-refractivity contribution in [3.05, 3.63) is 59.8 Å². The maximum Gasteiger partial charge on any atom is 0.251 e. The van der Waals surface area contributed by atoms with Crippen LogP contribution in [0, 0.1) is 0 Å². The molecule has 26 heavy (non-hydrogen) atoms. The summed E-state index contributed by atoms with van der Waals surface area (Å²) in [6, 6.07) is 16.7. The molecule has 2 atom stereocenters. The first-order valence-electron chi connectivity index (χ1n) is 8.86. The van der Waals surface area contributed by atoms with Crippen molar-refractivity contribution in [2.75, 3.05) is 7.05 Å². The molecule has 1 N–H and O–H groups in total. The van der Waals surface area contributed by atoms with Crippen molar-refractivity contribution < 1.29 is 4.79 Å². The van der Waals surface area contributed by atoms with E-state index in [1.54, 1.807) is 11.9 Å². The van der Waals surface area contributed by atoms with Crippen molar-refractivity contribution in [2.45, 2.75) is 25.4 Å². The number of fused-ring (bicyclic) bond motifs is 4. The highest BCUT2D eigenvalue weighted by atomic mass is 32.1. The minimum absolute atomic E-state index is 0.0566. The number of thiocarbonyl (C=S) groups is 1. The van der Waals surface area contributed by atoms with Gasteiger partial charge in [-0.1, -0.05) is 48.5 Å². The third-order valence-corrected chi connectivity index (χ3v) is 6.24. The second-order valence-electron chi connectivity index (χ2n) is 7.09. The molecule has 2 aliphatic heterocycles. The van der Waals surface area contributed by atoms with Gasteiger partial charge >= 0.3 is 0 Å². The van der Waals surface area contributed by atoms with Gasteiger partial charge in [0.25, 0.3) is 5.91 Å². The number of amides is 1. The van der Waals surface area contributed by atoms with Crippen LogP contribution in [0.15, 0.2) is 48.5 Å². The molecule has 5 rings (SSSR count). The number of aromatic amines is 1. The van der Waals surface area contributed by atoms with E-state index in [2.05, 4.69) is 59.3 Å². The first kappa shape index (κ1) is 15.6. The van der Waals surface area contributed by atoms with Crippen molar-refractivity contribution in [1.82, 2.24) is 14.8 Å². The monoisotopic (exact) mass is 361 g/mol. The van der Waals surface area contributed by atoms with E-state index < -0.39 is 0 Å². The van der Waals surface area contributed by atoms with Gasteiger partial charge in [-0.2, -0.15) is 0 Å². The van der Waals surface area contributed by atoms with E-state index in [0.717, 1.165) is 5.52 Å². The van der Waals surface area contributed by atoms with Crippen LogP contribution in [0.4, 0.5) is 0 Å². The first-order chi connectivity index (χ1) is 12.6. The highest BCUT2D eigenvalue weighted by Crippen LogP contribution is 2.42. The summed E-state index contributed by atoms with van der Waals surface area (Å²) in [6.45, 7) is 2.13. The molecule has 1 amide bonds. The molecule has 3 heterocycles. The molecular formula is C21H19N3OS. The topological polar surface area (TPSA) is 39.3 Å². The van der Waals surface area contributed by atoms with Gasteiger partial charge in [-0.3, -0.25) is 9.69 Å². The number of aromatic nitrogens is 1. The van der Waals surface area contributed by atoms with Crippen molar-refractivity contribution in [3.8, 4) is 11.1 Å². The quantitative estimate of drug-likeness (QED) is 0.669. The highest BCUT2D eigenvalue weighted by molar-refractivity contribution is 7.80. The zero-order chi connectivity index (χ0) is 18.0. The summed E-state index contributed by atoms with van der Waals surface area (Å²) < 4.78 is 0. The van der Waals surface area contributed by atoms with Crippen LogP contribution in [0.25, 0.3) is 22.0 Å². The maximum atomic E-state index is 12.6. The van der Waals surface area contributed by atoms with Crippen LogP contribution >= 0.6 is 12.2 Å². The summed E-state index contributed by atoms with van der Waals surface area (Å²) in [5.41, 5.74) is 5.94. The number of hydrogen-bond acceptors (Lipinski definition) is 2. The molecule has 1 fully saturated rings. The number of para-hydroxylation sites is 1. The number of carbonyl (C=O) groups excluding carboxylic acids is 1. The van der Waals surface area contributed by atoms with Crippen molar-refractivity contribution in [2.24, 2.45) is 0 Å². The van der Waals surface area contributed by atoms with E-state index in [4.69, 9.17) is 12.2 Å². The molecule has 2 aromatic carbocycles. The number of rotatable bonds is 1. The van der Waals surface area contributed by atoms with Gasteiger partial charge in [-0.15, -0.1) is 0 Å². The first-order valence-corrected chi connectivity index (χ1v) is 9.27. The fourth-order valence-electron chi connectivity index (χ4n) is 4.43. The molecule has 0 spiro atoms. The number of benzene rings is 2. The molecule has 3 aromatic rings. The number of hydrogen-bond donors (Lipinski definition) is 1. The van der Waals surface area contributed by atoms with Crippen molar-refractivity contribution in [1.29, 1.82) is 0 Å². The third-order valence-electron chi connectivity index (χ3n) is 5.75. The summed E-state index contributed by atoms with van der Waals surface area (Å²) in [7, 11) is 1.77. The Morgan fingerprint density at radius 1 is 1.12 bits per heavy atom. The van der Waals surface area contributed by atoms with Gasteiger partial charge in [-0.25, -0.2) is 0 Å². The van der Waals surface area contributed by atoms with Crippen LogP contribution in [-0.4, -0.2) is 38.9 Å². The Bertz CT molecular complexity index is 1060. The Labute approximate surface area is 157 Å². The largest absolute Gasteiger partial charge is 0.356 e. The molecule has 4 nitrogen and oxygen atoms in total. The molecule has 1 aromatic heterocycles. The Kier molecular flexibility index (Phi) is 3.25. The second-order valence-corrected chi connectivity index (χ2v) is 7.46. The number of nitrogens with zero attached hydrogens (tertiary/aromatic N) is 2. The lowest BCUT2D eigenvalue weighted by molar-refractivity contribution is -0.127. The van der Waals surface area contributed by atoms with Crippen LogP contribution < -0.4 is 0 Å². The van der Waals surface area contributed by atoms with Gasteiger partial charge in [0.1, 0.15) is 6.04 Å². The standard InChI is InChI=1S/C21H19N3OS/c1-12-18-16(11-17-20(25)23(2)21(26)24(12)17)15-10-6-9-14(19(15)22-18)13-7-4-3-5-8-13/h3-10,12,17,22H,11H2,1-2H3/t12-,17+/m0/s1. The van der Waals surface area contributed by atoms with Gasteiger partial charge in [0.2, 0.25) is 0 Å². The summed E-state index contributed by atoms with van der Waals surface area (Å²) in [6.07, 6.45) is 0.696. The minimum Gasteiger partial charge on any atom is -0.356 e. The normalized spacial score (nSPS) is 22.1. The van der Waals surface area contributed by atoms with Gasteiger partial charge in [0.15, 0.2) is 5.11 Å². The Hall–Kier alpha value is -2.66. The minimum atomic E-state index is -0.186. The van der Waals surface area contributed by atoms with Crippen LogP contribution in [0.1, 0.15) is 24.2 Å². The lowest BCUT2D eigenvalue weighted by Gasteiger charge is -2.34. The van der Waals surface area contributed by atoms with Crippen LogP contribution in [-0.2, 0) is 11.2 Å². The zero-order valence-electron chi connectivity index (χ0n) is 14.7. The lowest BCUT2D eigenvalue weighted by atomic mass is 9.92. The maximum absolute atomic E-state index is 12.6. The SMILES string of the molecule is C[C@H]1c2[nH]c3c(-c4ccccc4)cccc3c2C[C@@H]2C(=O)N(C)C(=S)N21. The summed E-state index contributed by atoms with van der Waals surface area (Å²) >= 11 is 5.52. The Morgan fingerprint density at radius 2 is 1.88 bits per heavy atom. The zero-order valence-corrected chi connectivity index (χ0v) is 15.5. The third kappa shape index (κ3) is 1.95. The summed E-state index contributed by atoms with van der Waals surface area (Å²) in [5, 5.41) is 1.83. The molecule has 1 saturated heterocycles. The van der Waals surface area contributed by atoms with E-state index >= 15 is 0 Å². The predicted molar refractivity (Wildman–Crippen MR) is 107 cm³/mol. The average Bonchev–Trinajstić information content (AvgIpc) is 3.15. The average molecular weight is 361 g/mol. The number of nitrogens with one attached hydrogen (secondary N) is 1. The molecule has 2 aliphatic rings. The Balaban J connectivity index is 1.71. The van der Waals surface area contributed by atoms with Crippen LogP contribution in [0.5, 0.6) is 0 Å². The fraction of sp³-hybridized carbons (Fsp3) is 0.238. The van der Waals surface area contributed by atoms with Gasteiger partial charge in [0.05, 0.1) is 11.6 Å². The molecular weight excluding hydrogens is 342 g/mol. The fourth-order valence-corrected chi connectivity index (χ4v) is 4.80. The molecule has 5 heteroatoms. The molecule has 0 saturated carbocycles. The number of likely N-dealkylation sites (N-methyl/N-ethyl adjacent to an activating group) is 1. The van der Waals surface area contributed by atoms with E-state index in [9.17, 15) is 4.79 Å². The van der Waals surface area contributed by atoms with Gasteiger partial charge in [0, 0.05) is 30.1 Å². The Morgan fingerprint density at radius 3 is 2.65 bits per heavy atom. The molecule has 0 radical (unpaired) electrons. The second kappa shape index (κ2) is 5.42. The van der Waals surface area contributed by atoms with Crippen molar-refractivity contribution >= 4 is 34.1 Å². The molecule has 0 bridgehead atoms. The smallest absolute Gasteiger partial charge is 0.251 e. The number of carbonyl (C=O) groups is 1.